The van der Waals surface area contributed by atoms with E-state index in [4.69, 9.17) is 0 Å². The summed E-state index contributed by atoms with van der Waals surface area (Å²) < 4.78 is 27.3. The van der Waals surface area contributed by atoms with Crippen LogP contribution in [0.1, 0.15) is 67.4 Å². The molecular formula is C17H23F2N3OS. The Morgan fingerprint density at radius 3 is 2.67 bits per heavy atom. The summed E-state index contributed by atoms with van der Waals surface area (Å²) in [4.78, 5) is 13.5. The number of hydrogen-bond acceptors (Lipinski definition) is 3. The molecule has 0 aliphatic heterocycles. The zero-order valence-corrected chi connectivity index (χ0v) is 15.4. The number of hydrogen-bond donors (Lipinski definition) is 1. The number of aryl methyl sites for hydroxylation is 1. The van der Waals surface area contributed by atoms with Gasteiger partial charge in [-0.05, 0) is 29.2 Å². The van der Waals surface area contributed by atoms with Gasteiger partial charge in [-0.3, -0.25) is 9.48 Å². The van der Waals surface area contributed by atoms with Crippen molar-refractivity contribution in [3.8, 4) is 0 Å². The van der Waals surface area contributed by atoms with Crippen LogP contribution < -0.4 is 5.32 Å². The van der Waals surface area contributed by atoms with Crippen LogP contribution in [0.4, 0.5) is 14.5 Å². The van der Waals surface area contributed by atoms with Crippen LogP contribution in [0, 0.1) is 5.41 Å². The molecule has 7 heteroatoms. The van der Waals surface area contributed by atoms with Crippen molar-refractivity contribution >= 4 is 22.9 Å². The number of nitrogens with zero attached hydrogens (tertiary/aromatic N) is 2. The first-order valence-electron chi connectivity index (χ1n) is 7.79. The van der Waals surface area contributed by atoms with Crippen molar-refractivity contribution in [3.05, 3.63) is 33.8 Å². The highest BCUT2D eigenvalue weighted by Crippen LogP contribution is 2.37. The SMILES string of the molecule is CC(CC(C)(C)C)c1sccc1NC(=O)c1cn(C)nc1C(F)F. The van der Waals surface area contributed by atoms with E-state index in [2.05, 4.69) is 38.1 Å². The zero-order valence-electron chi connectivity index (χ0n) is 14.6. The topological polar surface area (TPSA) is 46.9 Å². The molecular weight excluding hydrogens is 332 g/mol. The Morgan fingerprint density at radius 2 is 2.08 bits per heavy atom. The fourth-order valence-corrected chi connectivity index (χ4v) is 3.76. The summed E-state index contributed by atoms with van der Waals surface area (Å²) in [6.07, 6.45) is -0.499. The van der Waals surface area contributed by atoms with E-state index >= 15 is 0 Å². The number of carbonyl (C=O) groups is 1. The van der Waals surface area contributed by atoms with E-state index in [1.54, 1.807) is 11.3 Å². The fourth-order valence-electron chi connectivity index (χ4n) is 2.85. The molecule has 0 fully saturated rings. The molecule has 2 rings (SSSR count). The van der Waals surface area contributed by atoms with Crippen molar-refractivity contribution < 1.29 is 13.6 Å². The van der Waals surface area contributed by atoms with Crippen LogP contribution in [0.5, 0.6) is 0 Å². The molecule has 4 nitrogen and oxygen atoms in total. The molecule has 0 spiro atoms. The van der Waals surface area contributed by atoms with Crippen molar-refractivity contribution in [1.29, 1.82) is 0 Å². The Bertz CT molecular complexity index is 716. The minimum Gasteiger partial charge on any atom is -0.321 e. The van der Waals surface area contributed by atoms with E-state index in [0.29, 0.717) is 5.69 Å². The van der Waals surface area contributed by atoms with E-state index < -0.39 is 18.0 Å². The van der Waals surface area contributed by atoms with Gasteiger partial charge in [0.25, 0.3) is 12.3 Å². The van der Waals surface area contributed by atoms with Gasteiger partial charge in [-0.2, -0.15) is 5.10 Å². The lowest BCUT2D eigenvalue weighted by molar-refractivity contribution is 0.101. The molecule has 0 aliphatic carbocycles. The Hall–Kier alpha value is -1.76. The number of anilines is 1. The Balaban J connectivity index is 2.21. The van der Waals surface area contributed by atoms with Gasteiger partial charge in [0.05, 0.1) is 11.3 Å². The molecule has 1 atom stereocenters. The lowest BCUT2D eigenvalue weighted by Crippen LogP contribution is -2.15. The molecule has 132 valence electrons. The van der Waals surface area contributed by atoms with Gasteiger partial charge in [-0.1, -0.05) is 27.7 Å². The van der Waals surface area contributed by atoms with E-state index in [1.165, 1.54) is 17.9 Å². The third-order valence-electron chi connectivity index (χ3n) is 3.62. The number of halogens is 2. The molecule has 1 unspecified atom stereocenters. The molecule has 0 saturated carbocycles. The number of rotatable bonds is 5. The molecule has 0 saturated heterocycles. The van der Waals surface area contributed by atoms with E-state index in [0.717, 1.165) is 11.3 Å². The highest BCUT2D eigenvalue weighted by atomic mass is 32.1. The molecule has 0 radical (unpaired) electrons. The van der Waals surface area contributed by atoms with Crippen LogP contribution >= 0.6 is 11.3 Å². The number of carbonyl (C=O) groups excluding carboxylic acids is 1. The lowest BCUT2D eigenvalue weighted by Gasteiger charge is -2.23. The number of aromatic nitrogens is 2. The first kappa shape index (κ1) is 18.6. The van der Waals surface area contributed by atoms with Crippen LogP contribution in [-0.2, 0) is 7.05 Å². The third-order valence-corrected chi connectivity index (χ3v) is 4.77. The van der Waals surface area contributed by atoms with Crippen molar-refractivity contribution in [2.75, 3.05) is 5.32 Å². The van der Waals surface area contributed by atoms with Crippen LogP contribution in [0.15, 0.2) is 17.6 Å². The monoisotopic (exact) mass is 355 g/mol. The number of alkyl halides is 2. The van der Waals surface area contributed by atoms with Gasteiger partial charge in [0.2, 0.25) is 0 Å². The van der Waals surface area contributed by atoms with Gasteiger partial charge in [-0.15, -0.1) is 11.3 Å². The summed E-state index contributed by atoms with van der Waals surface area (Å²) in [6.45, 7) is 8.61. The first-order chi connectivity index (χ1) is 11.1. The quantitative estimate of drug-likeness (QED) is 0.800. The van der Waals surface area contributed by atoms with Gasteiger partial charge in [0, 0.05) is 18.1 Å². The normalized spacial score (nSPS) is 13.3. The van der Waals surface area contributed by atoms with Crippen LogP contribution in [-0.4, -0.2) is 15.7 Å². The second-order valence-electron chi connectivity index (χ2n) is 7.22. The Labute approximate surface area is 144 Å². The minimum absolute atomic E-state index is 0.0897. The summed E-state index contributed by atoms with van der Waals surface area (Å²) in [5.41, 5.74) is 0.269. The van der Waals surface area contributed by atoms with Gasteiger partial charge in [0.1, 0.15) is 5.69 Å². The molecule has 2 aromatic rings. The predicted molar refractivity (Wildman–Crippen MR) is 92.9 cm³/mol. The average Bonchev–Trinajstić information content (AvgIpc) is 3.03. The number of amides is 1. The van der Waals surface area contributed by atoms with Crippen LogP contribution in [0.3, 0.4) is 0 Å². The van der Waals surface area contributed by atoms with Crippen molar-refractivity contribution in [1.82, 2.24) is 9.78 Å². The summed E-state index contributed by atoms with van der Waals surface area (Å²) in [7, 11) is 1.52. The summed E-state index contributed by atoms with van der Waals surface area (Å²) >= 11 is 1.57. The number of thiophene rings is 1. The standard InChI is InChI=1S/C17H23F2N3OS/c1-10(8-17(2,3)4)14-12(6-7-24-14)20-16(23)11-9-22(5)21-13(11)15(18)19/h6-7,9-10,15H,8H2,1-5H3,(H,20,23). The summed E-state index contributed by atoms with van der Waals surface area (Å²) in [5.74, 6) is -0.287. The predicted octanol–water partition coefficient (Wildman–Crippen LogP) is 5.21. The zero-order chi connectivity index (χ0) is 18.1. The summed E-state index contributed by atoms with van der Waals surface area (Å²) in [6, 6.07) is 1.81. The summed E-state index contributed by atoms with van der Waals surface area (Å²) in [5, 5.41) is 8.35. The fraction of sp³-hybridized carbons (Fsp3) is 0.529. The molecule has 1 N–H and O–H groups in total. The molecule has 1 amide bonds. The lowest BCUT2D eigenvalue weighted by atomic mass is 9.84. The molecule has 0 aromatic carbocycles. The minimum atomic E-state index is -2.78. The van der Waals surface area contributed by atoms with Gasteiger partial charge >= 0.3 is 0 Å². The van der Waals surface area contributed by atoms with Crippen molar-refractivity contribution in [2.45, 2.75) is 46.5 Å². The van der Waals surface area contributed by atoms with Gasteiger partial charge in [0.15, 0.2) is 0 Å². The molecule has 24 heavy (non-hydrogen) atoms. The maximum absolute atomic E-state index is 13.0. The van der Waals surface area contributed by atoms with E-state index in [1.807, 2.05) is 11.4 Å². The van der Waals surface area contributed by atoms with Crippen LogP contribution in [0.2, 0.25) is 0 Å². The maximum atomic E-state index is 13.0. The molecule has 2 heterocycles. The average molecular weight is 355 g/mol. The van der Waals surface area contributed by atoms with E-state index in [9.17, 15) is 13.6 Å². The molecule has 2 aromatic heterocycles. The van der Waals surface area contributed by atoms with E-state index in [-0.39, 0.29) is 16.9 Å². The Kier molecular flexibility index (Phi) is 5.42. The molecule has 0 aliphatic rings. The van der Waals surface area contributed by atoms with Crippen molar-refractivity contribution in [3.63, 3.8) is 0 Å². The second kappa shape index (κ2) is 7.01. The largest absolute Gasteiger partial charge is 0.321 e. The highest BCUT2D eigenvalue weighted by molar-refractivity contribution is 7.10. The third kappa shape index (κ3) is 4.41. The van der Waals surface area contributed by atoms with Gasteiger partial charge in [-0.25, -0.2) is 8.78 Å². The van der Waals surface area contributed by atoms with Crippen molar-refractivity contribution in [2.24, 2.45) is 12.5 Å². The Morgan fingerprint density at radius 1 is 1.42 bits per heavy atom. The first-order valence-corrected chi connectivity index (χ1v) is 8.67. The number of nitrogens with one attached hydrogen (secondary N) is 1. The smallest absolute Gasteiger partial charge is 0.282 e. The van der Waals surface area contributed by atoms with Crippen LogP contribution in [0.25, 0.3) is 0 Å². The maximum Gasteiger partial charge on any atom is 0.282 e. The second-order valence-corrected chi connectivity index (χ2v) is 8.17. The van der Waals surface area contributed by atoms with Gasteiger partial charge < -0.3 is 5.32 Å². The highest BCUT2D eigenvalue weighted by Gasteiger charge is 2.25. The molecule has 0 bridgehead atoms.